The van der Waals surface area contributed by atoms with E-state index in [1.165, 1.54) is 45.2 Å². The largest absolute Gasteiger partial charge is 0.468 e. The molecular weight excluding hydrogens is 1470 g/mol. The topological polar surface area (TPSA) is 419 Å². The van der Waals surface area contributed by atoms with Crippen LogP contribution in [0.4, 0.5) is 0 Å². The van der Waals surface area contributed by atoms with Crippen LogP contribution in [-0.2, 0) is 23.9 Å². The Hall–Kier alpha value is -12.3. The number of fused-ring (bicyclic) bond motifs is 5. The summed E-state index contributed by atoms with van der Waals surface area (Å²) in [4.78, 5) is 127. The first-order chi connectivity index (χ1) is 51.3. The molecule has 546 valence electrons. The number of benzene rings is 5. The van der Waals surface area contributed by atoms with Crippen molar-refractivity contribution in [2.45, 2.75) is 86.6 Å². The lowest BCUT2D eigenvalue weighted by Crippen LogP contribution is -2.23. The summed E-state index contributed by atoms with van der Waals surface area (Å²) in [5.74, 6) is -1.23. The van der Waals surface area contributed by atoms with Crippen LogP contribution in [-0.4, -0.2) is 147 Å². The van der Waals surface area contributed by atoms with Crippen LogP contribution in [0.1, 0.15) is 48.6 Å². The summed E-state index contributed by atoms with van der Waals surface area (Å²) in [5.41, 5.74) is 16.1. The Morgan fingerprint density at radius 1 is 0.402 bits per heavy atom. The molecule has 0 spiro atoms. The highest BCUT2D eigenvalue weighted by Gasteiger charge is 2.22. The summed E-state index contributed by atoms with van der Waals surface area (Å²) in [6.45, 7) is 14.9. The molecule has 10 aromatic heterocycles. The monoisotopic (exact) mass is 1530 g/mol. The second-order valence-electron chi connectivity index (χ2n) is 23.7. The zero-order valence-corrected chi connectivity index (χ0v) is 62.8. The number of nitrogens with two attached hydrogens (primary N) is 1. The zero-order chi connectivity index (χ0) is 76.5. The number of aromatic amines is 7. The fourth-order valence-corrected chi connectivity index (χ4v) is 13.3. The minimum absolute atomic E-state index is 0.228. The minimum atomic E-state index is -0.495. The number of esters is 2. The van der Waals surface area contributed by atoms with Crippen LogP contribution in [0.5, 0.6) is 0 Å². The fraction of sp³-hybridized carbons (Fsp3) is 0.183. The van der Waals surface area contributed by atoms with Gasteiger partial charge in [0.2, 0.25) is 5.91 Å². The standard InChI is InChI=1S/2C16H16N4O3S.C15H15N5O2S.2C12H10N4OS/c1-9-5-4-6-11(7-9)20-13-12(8-17-20)14(21)19-16(18-13)24-10(2)15(22)23-3;1-9-6-4-5-7-12(9)20-13-11(8-17-20)14(21)19-16(18-13)24-10(2)15(22)23-3;1-8-5-3-4-6-11(8)20-13-10(7-17-20)14(22)19-15(18-13)23-9(2)12(16)21;1-7-3-2-4-8(5-7)16-10-9(6-13-16)11(17)15-12(18)14-10;1-7-4-2-3-5-9(7)16-10-8(6-13-16)11(17)15-12(18)14-10/h2*4-8,10H,1-3H3,(H,18,19,21);3-7,9H,1-2H3,(H2,16,21)(H,18,19,22);2*2-6H,1H3,(H2,14,15,17,18). The molecule has 5 aromatic carbocycles. The molecule has 0 saturated heterocycles. The Kier molecular flexibility index (Phi) is 23.6. The van der Waals surface area contributed by atoms with E-state index in [1.54, 1.807) is 44.2 Å². The first-order valence-electron chi connectivity index (χ1n) is 32.4. The molecule has 10 heterocycles. The molecule has 0 bridgehead atoms. The quantitative estimate of drug-likeness (QED) is 0.0217. The van der Waals surface area contributed by atoms with Crippen molar-refractivity contribution in [2.75, 3.05) is 14.2 Å². The van der Waals surface area contributed by atoms with Crippen molar-refractivity contribution in [1.82, 2.24) is 98.7 Å². The number of hydrogen-bond acceptors (Lipinski definition) is 23. The smallest absolute Gasteiger partial charge is 0.318 e. The number of rotatable bonds is 14. The van der Waals surface area contributed by atoms with E-state index >= 15 is 0 Å². The van der Waals surface area contributed by atoms with Crippen LogP contribution in [0.2, 0.25) is 0 Å². The van der Waals surface area contributed by atoms with Crippen molar-refractivity contribution in [3.8, 4) is 28.4 Å². The van der Waals surface area contributed by atoms with E-state index < -0.39 is 21.7 Å². The third-order valence-corrected chi connectivity index (χ3v) is 19.4. The zero-order valence-electron chi connectivity index (χ0n) is 58.7. The number of methoxy groups -OCH3 is 2. The lowest BCUT2D eigenvalue weighted by atomic mass is 10.2. The van der Waals surface area contributed by atoms with Crippen LogP contribution < -0.4 is 33.5 Å². The number of H-pyrrole nitrogens is 7. The predicted molar refractivity (Wildman–Crippen MR) is 415 cm³/mol. The van der Waals surface area contributed by atoms with Gasteiger partial charge in [-0.1, -0.05) is 114 Å². The molecule has 107 heavy (non-hydrogen) atoms. The van der Waals surface area contributed by atoms with E-state index in [0.29, 0.717) is 80.2 Å². The van der Waals surface area contributed by atoms with Gasteiger partial charge in [0.15, 0.2) is 42.0 Å². The maximum atomic E-state index is 12.3. The van der Waals surface area contributed by atoms with Crippen LogP contribution in [0.3, 0.4) is 0 Å². The molecule has 31 nitrogen and oxygen atoms in total. The Morgan fingerprint density at radius 3 is 1.10 bits per heavy atom. The number of ether oxygens (including phenoxy) is 2. The molecule has 0 aliphatic rings. The second-order valence-corrected chi connectivity index (χ2v) is 28.5. The van der Waals surface area contributed by atoms with Gasteiger partial charge >= 0.3 is 11.9 Å². The van der Waals surface area contributed by atoms with E-state index in [9.17, 15) is 38.4 Å². The maximum Gasteiger partial charge on any atom is 0.318 e. The van der Waals surface area contributed by atoms with Gasteiger partial charge in [0.1, 0.15) is 48.7 Å². The number of hydrogen-bond donors (Lipinski definition) is 8. The van der Waals surface area contributed by atoms with Crippen molar-refractivity contribution in [1.29, 1.82) is 0 Å². The lowest BCUT2D eigenvalue weighted by molar-refractivity contribution is -0.140. The van der Waals surface area contributed by atoms with Gasteiger partial charge in [0.05, 0.1) is 78.9 Å². The lowest BCUT2D eigenvalue weighted by Gasteiger charge is -2.09. The predicted octanol–water partition coefficient (Wildman–Crippen LogP) is 9.68. The van der Waals surface area contributed by atoms with E-state index in [2.05, 4.69) is 75.3 Å². The van der Waals surface area contributed by atoms with Gasteiger partial charge in [-0.2, -0.15) is 25.5 Å². The van der Waals surface area contributed by atoms with Gasteiger partial charge < -0.3 is 40.1 Å². The van der Waals surface area contributed by atoms with Gasteiger partial charge in [0, 0.05) is 0 Å². The van der Waals surface area contributed by atoms with E-state index in [0.717, 1.165) is 91.5 Å². The molecule has 1 amide bonds. The number of para-hydroxylation sites is 3. The van der Waals surface area contributed by atoms with Gasteiger partial charge in [-0.15, -0.1) is 0 Å². The molecule has 0 radical (unpaired) electrons. The molecule has 15 rings (SSSR count). The van der Waals surface area contributed by atoms with E-state index in [-0.39, 0.29) is 39.7 Å². The molecule has 36 heteroatoms. The summed E-state index contributed by atoms with van der Waals surface area (Å²) in [5, 5.41) is 23.1. The van der Waals surface area contributed by atoms with Crippen LogP contribution in [0.15, 0.2) is 192 Å². The molecule has 3 atom stereocenters. The summed E-state index contributed by atoms with van der Waals surface area (Å²) >= 11 is 13.3. The number of primary amides is 1. The minimum Gasteiger partial charge on any atom is -0.468 e. The van der Waals surface area contributed by atoms with Gasteiger partial charge in [0.25, 0.3) is 27.8 Å². The Bertz CT molecular complexity index is 6320. The van der Waals surface area contributed by atoms with Crippen molar-refractivity contribution in [3.05, 3.63) is 241 Å². The Morgan fingerprint density at radius 2 is 0.720 bits per heavy atom. The number of thioether (sulfide) groups is 3. The Labute approximate surface area is 627 Å². The van der Waals surface area contributed by atoms with Crippen molar-refractivity contribution in [3.63, 3.8) is 0 Å². The summed E-state index contributed by atoms with van der Waals surface area (Å²) in [7, 11) is 2.65. The third-order valence-electron chi connectivity index (χ3n) is 16.1. The highest BCUT2D eigenvalue weighted by Crippen LogP contribution is 2.27. The second kappa shape index (κ2) is 33.2. The molecule has 9 N–H and O–H groups in total. The molecule has 0 aliphatic carbocycles. The normalized spacial score (nSPS) is 11.9. The number of amides is 1. The first kappa shape index (κ1) is 75.9. The molecule has 0 aliphatic heterocycles. The van der Waals surface area contributed by atoms with E-state index in [1.807, 2.05) is 156 Å². The third kappa shape index (κ3) is 17.3. The number of nitrogens with one attached hydrogen (secondary N) is 7. The highest BCUT2D eigenvalue weighted by molar-refractivity contribution is 8.00. The van der Waals surface area contributed by atoms with E-state index in [4.69, 9.17) is 39.6 Å². The van der Waals surface area contributed by atoms with Crippen LogP contribution in [0, 0.1) is 44.2 Å². The molecule has 3 unspecified atom stereocenters. The summed E-state index contributed by atoms with van der Waals surface area (Å²) < 4.78 is 18.2. The maximum absolute atomic E-state index is 12.3. The van der Waals surface area contributed by atoms with Crippen molar-refractivity contribution < 1.29 is 23.9 Å². The first-order valence-corrected chi connectivity index (χ1v) is 35.9. The number of carbonyl (C=O) groups excluding carboxylic acids is 3. The number of carbonyl (C=O) groups is 3. The van der Waals surface area contributed by atoms with Crippen molar-refractivity contribution in [2.24, 2.45) is 5.73 Å². The van der Waals surface area contributed by atoms with Gasteiger partial charge in [-0.25, -0.2) is 38.4 Å². The van der Waals surface area contributed by atoms with Gasteiger partial charge in [-0.05, 0) is 150 Å². The SMILES string of the molecule is COC(=O)C(C)Sc1nc2c(cnn2-c2cccc(C)c2)c(=O)[nH]1.COC(=O)C(C)Sc1nc2c(cnn2-c2ccccc2C)c(=O)[nH]1.Cc1cccc(-n2ncc3c(=O)[nH]c(=S)[nH]c32)c1.Cc1ccccc1-n1ncc2c(=O)[nH]c(=S)[nH]c21.Cc1ccccc1-n1ncc2c(=O)[nH]c(SC(C)C(N)=O)nc21. The number of aryl methyl sites for hydroxylation is 5. The average Bonchev–Trinajstić information content (AvgIpc) is 1.69. The molecule has 0 fully saturated rings. The average molecular weight is 1530 g/mol. The highest BCUT2D eigenvalue weighted by atomic mass is 32.2. The van der Waals surface area contributed by atoms with Crippen molar-refractivity contribution >= 4 is 133 Å². The molecule has 15 aromatic rings. The van der Waals surface area contributed by atoms with Crippen LogP contribution >= 0.6 is 59.7 Å². The molecular formula is C71H67N21O10S5. The summed E-state index contributed by atoms with van der Waals surface area (Å²) in [6.07, 6.45) is 7.53. The summed E-state index contributed by atoms with van der Waals surface area (Å²) in [6, 6.07) is 38.8. The molecule has 0 saturated carbocycles. The number of nitrogens with zero attached hydrogens (tertiary/aromatic N) is 13. The fourth-order valence-electron chi connectivity index (χ4n) is 10.6. The van der Waals surface area contributed by atoms with Crippen LogP contribution in [0.25, 0.3) is 83.6 Å². The van der Waals surface area contributed by atoms with Gasteiger partial charge in [-0.3, -0.25) is 48.3 Å². The Balaban J connectivity index is 0.000000134. The number of aromatic nitrogens is 20.